The van der Waals surface area contributed by atoms with Crippen LogP contribution in [0, 0.1) is 19.8 Å². The number of hydrogen-bond donors (Lipinski definition) is 0. The highest BCUT2D eigenvalue weighted by Gasteiger charge is 2.33. The minimum absolute atomic E-state index is 0.332. The minimum atomic E-state index is -3.55. The van der Waals surface area contributed by atoms with E-state index in [0.717, 1.165) is 30.6 Å². The lowest BCUT2D eigenvalue weighted by Gasteiger charge is -2.35. The number of sulfonamides is 1. The van der Waals surface area contributed by atoms with Crippen LogP contribution in [0.2, 0.25) is 0 Å². The molecule has 2 fully saturated rings. The monoisotopic (exact) mass is 433 g/mol. The van der Waals surface area contributed by atoms with Crippen molar-refractivity contribution < 1.29 is 8.42 Å². The SMILES string of the molecule is Cc1nn(C)c(C)c1S(=O)(=O)N1CCN(c2ccc(N3CCC(C)CC3)nn2)CC1. The van der Waals surface area contributed by atoms with Gasteiger partial charge in [0.05, 0.1) is 11.4 Å². The third-order valence-electron chi connectivity index (χ3n) is 6.35. The van der Waals surface area contributed by atoms with Crippen LogP contribution in [0.25, 0.3) is 0 Å². The van der Waals surface area contributed by atoms with Crippen LogP contribution >= 0.6 is 0 Å². The van der Waals surface area contributed by atoms with Crippen LogP contribution in [0.15, 0.2) is 17.0 Å². The zero-order valence-electron chi connectivity index (χ0n) is 18.2. The molecule has 0 amide bonds. The molecule has 9 nitrogen and oxygen atoms in total. The van der Waals surface area contributed by atoms with Crippen molar-refractivity contribution in [3.8, 4) is 0 Å². The summed E-state index contributed by atoms with van der Waals surface area (Å²) in [5, 5.41) is 13.1. The van der Waals surface area contributed by atoms with Gasteiger partial charge < -0.3 is 9.80 Å². The largest absolute Gasteiger partial charge is 0.355 e. The van der Waals surface area contributed by atoms with Gasteiger partial charge in [0.15, 0.2) is 11.6 Å². The van der Waals surface area contributed by atoms with Crippen molar-refractivity contribution in [3.05, 3.63) is 23.5 Å². The maximum absolute atomic E-state index is 13.1. The van der Waals surface area contributed by atoms with Crippen LogP contribution in [-0.4, -0.2) is 72.0 Å². The second kappa shape index (κ2) is 8.14. The molecule has 0 saturated carbocycles. The minimum Gasteiger partial charge on any atom is -0.355 e. The lowest BCUT2D eigenvalue weighted by molar-refractivity contribution is 0.383. The molecule has 0 unspecified atom stereocenters. The number of aryl methyl sites for hydroxylation is 2. The lowest BCUT2D eigenvalue weighted by Crippen LogP contribution is -2.49. The molecule has 4 rings (SSSR count). The number of anilines is 2. The third kappa shape index (κ3) is 3.90. The standard InChI is InChI=1S/C20H31N7O2S/c1-15-7-9-25(10-8-15)18-5-6-19(22-21-18)26-11-13-27(14-12-26)30(28,29)20-16(2)23-24(4)17(20)3/h5-6,15H,7-14H2,1-4H3. The molecule has 10 heteroatoms. The van der Waals surface area contributed by atoms with Gasteiger partial charge in [-0.2, -0.15) is 9.40 Å². The molecule has 4 heterocycles. The van der Waals surface area contributed by atoms with Crippen molar-refractivity contribution >= 4 is 21.7 Å². The summed E-state index contributed by atoms with van der Waals surface area (Å²) < 4.78 is 29.5. The Morgan fingerprint density at radius 3 is 1.90 bits per heavy atom. The molecule has 2 aromatic rings. The van der Waals surface area contributed by atoms with Gasteiger partial charge in [-0.05, 0) is 44.7 Å². The quantitative estimate of drug-likeness (QED) is 0.723. The molecule has 2 aliphatic rings. The van der Waals surface area contributed by atoms with Crippen molar-refractivity contribution in [2.45, 2.75) is 38.5 Å². The number of piperazine rings is 1. The number of piperidine rings is 1. The first-order valence-electron chi connectivity index (χ1n) is 10.6. The van der Waals surface area contributed by atoms with Gasteiger partial charge in [0.25, 0.3) is 0 Å². The van der Waals surface area contributed by atoms with Gasteiger partial charge in [-0.1, -0.05) is 6.92 Å². The first-order chi connectivity index (χ1) is 14.3. The Kier molecular flexibility index (Phi) is 5.71. The van der Waals surface area contributed by atoms with Crippen molar-refractivity contribution in [1.29, 1.82) is 0 Å². The molecule has 30 heavy (non-hydrogen) atoms. The second-order valence-corrected chi connectivity index (χ2v) is 10.3. The normalized spacial score (nSPS) is 19.5. The van der Waals surface area contributed by atoms with Gasteiger partial charge in [0, 0.05) is 46.3 Å². The first kappa shape index (κ1) is 21.0. The molecule has 2 saturated heterocycles. The molecule has 2 aliphatic heterocycles. The van der Waals surface area contributed by atoms with Crippen LogP contribution in [0.3, 0.4) is 0 Å². The van der Waals surface area contributed by atoms with Crippen LogP contribution in [0.1, 0.15) is 31.2 Å². The molecular formula is C20H31N7O2S. The summed E-state index contributed by atoms with van der Waals surface area (Å²) in [6, 6.07) is 4.03. The highest BCUT2D eigenvalue weighted by atomic mass is 32.2. The molecule has 164 valence electrons. The van der Waals surface area contributed by atoms with E-state index in [2.05, 4.69) is 32.0 Å². The Labute approximate surface area is 178 Å². The van der Waals surface area contributed by atoms with Crippen LogP contribution in [0.4, 0.5) is 11.6 Å². The smallest absolute Gasteiger partial charge is 0.246 e. The Balaban J connectivity index is 1.41. The highest BCUT2D eigenvalue weighted by molar-refractivity contribution is 7.89. The zero-order valence-corrected chi connectivity index (χ0v) is 19.1. The van der Waals surface area contributed by atoms with E-state index >= 15 is 0 Å². The van der Waals surface area contributed by atoms with Gasteiger partial charge in [0.2, 0.25) is 10.0 Å². The Bertz CT molecular complexity index is 987. The topological polar surface area (TPSA) is 87.5 Å². The summed E-state index contributed by atoms with van der Waals surface area (Å²) in [7, 11) is -1.78. The number of rotatable bonds is 4. The highest BCUT2D eigenvalue weighted by Crippen LogP contribution is 2.26. The molecule has 0 radical (unpaired) electrons. The van der Waals surface area contributed by atoms with Gasteiger partial charge in [-0.3, -0.25) is 4.68 Å². The fourth-order valence-corrected chi connectivity index (χ4v) is 6.13. The molecular weight excluding hydrogens is 402 g/mol. The second-order valence-electron chi connectivity index (χ2n) is 8.43. The zero-order chi connectivity index (χ0) is 21.5. The van der Waals surface area contributed by atoms with E-state index in [9.17, 15) is 8.42 Å². The van der Waals surface area contributed by atoms with Gasteiger partial charge in [-0.15, -0.1) is 10.2 Å². The molecule has 0 atom stereocenters. The summed E-state index contributed by atoms with van der Waals surface area (Å²) in [6.45, 7) is 9.91. The van der Waals surface area contributed by atoms with E-state index in [1.165, 1.54) is 12.8 Å². The molecule has 0 aromatic carbocycles. The molecule has 0 N–H and O–H groups in total. The molecule has 0 spiro atoms. The Morgan fingerprint density at radius 2 is 1.43 bits per heavy atom. The lowest BCUT2D eigenvalue weighted by atomic mass is 9.99. The van der Waals surface area contributed by atoms with Crippen LogP contribution in [0.5, 0.6) is 0 Å². The van der Waals surface area contributed by atoms with Gasteiger partial charge in [0.1, 0.15) is 4.90 Å². The predicted molar refractivity (Wildman–Crippen MR) is 116 cm³/mol. The van der Waals surface area contributed by atoms with Crippen molar-refractivity contribution in [3.63, 3.8) is 0 Å². The average molecular weight is 434 g/mol. The molecule has 0 aliphatic carbocycles. The van der Waals surface area contributed by atoms with E-state index in [0.29, 0.717) is 42.5 Å². The van der Waals surface area contributed by atoms with E-state index in [4.69, 9.17) is 0 Å². The molecule has 2 aromatic heterocycles. The summed E-state index contributed by atoms with van der Waals surface area (Å²) in [5.41, 5.74) is 1.22. The summed E-state index contributed by atoms with van der Waals surface area (Å²) in [6.07, 6.45) is 2.38. The van der Waals surface area contributed by atoms with Crippen molar-refractivity contribution in [2.75, 3.05) is 49.1 Å². The van der Waals surface area contributed by atoms with Crippen LogP contribution in [-0.2, 0) is 17.1 Å². The number of nitrogens with zero attached hydrogens (tertiary/aromatic N) is 7. The number of hydrogen-bond acceptors (Lipinski definition) is 7. The van der Waals surface area contributed by atoms with Gasteiger partial charge >= 0.3 is 0 Å². The van der Waals surface area contributed by atoms with Crippen molar-refractivity contribution in [1.82, 2.24) is 24.3 Å². The first-order valence-corrected chi connectivity index (χ1v) is 12.1. The molecule has 0 bridgehead atoms. The van der Waals surface area contributed by atoms with E-state index in [-0.39, 0.29) is 0 Å². The van der Waals surface area contributed by atoms with E-state index in [1.54, 1.807) is 29.9 Å². The summed E-state index contributed by atoms with van der Waals surface area (Å²) >= 11 is 0. The Hall–Kier alpha value is -2.20. The number of aromatic nitrogens is 4. The van der Waals surface area contributed by atoms with E-state index in [1.807, 2.05) is 12.1 Å². The van der Waals surface area contributed by atoms with Gasteiger partial charge in [-0.25, -0.2) is 8.42 Å². The van der Waals surface area contributed by atoms with Crippen LogP contribution < -0.4 is 9.80 Å². The maximum atomic E-state index is 13.1. The fraction of sp³-hybridized carbons (Fsp3) is 0.650. The van der Waals surface area contributed by atoms with Crippen molar-refractivity contribution in [2.24, 2.45) is 13.0 Å². The van der Waals surface area contributed by atoms with E-state index < -0.39 is 10.0 Å². The summed E-state index contributed by atoms with van der Waals surface area (Å²) in [5.74, 6) is 2.50. The predicted octanol–water partition coefficient (Wildman–Crippen LogP) is 1.57. The summed E-state index contributed by atoms with van der Waals surface area (Å²) in [4.78, 5) is 4.72. The third-order valence-corrected chi connectivity index (χ3v) is 8.50. The fourth-order valence-electron chi connectivity index (χ4n) is 4.31. The Morgan fingerprint density at radius 1 is 0.900 bits per heavy atom. The maximum Gasteiger partial charge on any atom is 0.246 e. The average Bonchev–Trinajstić information content (AvgIpc) is 3.01.